The average Bonchev–Trinajstić information content (AvgIpc) is 2.35. The van der Waals surface area contributed by atoms with Crippen molar-refractivity contribution in [1.82, 2.24) is 0 Å². The second-order valence-corrected chi connectivity index (χ2v) is 6.14. The van der Waals surface area contributed by atoms with E-state index in [2.05, 4.69) is 6.92 Å². The van der Waals surface area contributed by atoms with Gasteiger partial charge in [0.15, 0.2) is 0 Å². The largest absolute Gasteiger partial charge is 0.491 e. The molecule has 102 valence electrons. The smallest absolute Gasteiger partial charge is 0.119 e. The molecule has 0 aliphatic rings. The predicted octanol–water partition coefficient (Wildman–Crippen LogP) is 2.63. The Morgan fingerprint density at radius 3 is 2.67 bits per heavy atom. The molecule has 5 heteroatoms. The number of unbranched alkanes of at least 4 members (excludes halogenated alkanes) is 1. The molecular formula is C13H19ClO3S. The van der Waals surface area contributed by atoms with Gasteiger partial charge in [-0.3, -0.25) is 4.21 Å². The second kappa shape index (κ2) is 8.51. The number of halogens is 1. The van der Waals surface area contributed by atoms with Gasteiger partial charge in [-0.15, -0.1) is 0 Å². The lowest BCUT2D eigenvalue weighted by atomic mass is 10.3. The molecule has 0 saturated heterocycles. The molecule has 1 aromatic rings. The van der Waals surface area contributed by atoms with E-state index in [1.54, 1.807) is 24.3 Å². The van der Waals surface area contributed by atoms with Crippen LogP contribution in [0.3, 0.4) is 0 Å². The Bertz CT molecular complexity index is 367. The van der Waals surface area contributed by atoms with Gasteiger partial charge in [0.2, 0.25) is 0 Å². The zero-order valence-corrected chi connectivity index (χ0v) is 12.0. The van der Waals surface area contributed by atoms with E-state index in [1.807, 2.05) is 0 Å². The van der Waals surface area contributed by atoms with Crippen LogP contribution in [0.25, 0.3) is 0 Å². The molecule has 0 fully saturated rings. The van der Waals surface area contributed by atoms with Gasteiger partial charge in [0.25, 0.3) is 0 Å². The molecule has 18 heavy (non-hydrogen) atoms. The molecule has 1 aromatic carbocycles. The van der Waals surface area contributed by atoms with E-state index >= 15 is 0 Å². The maximum atomic E-state index is 11.5. The summed E-state index contributed by atoms with van der Waals surface area (Å²) >= 11 is 5.75. The number of ether oxygens (including phenoxy) is 1. The van der Waals surface area contributed by atoms with Crippen molar-refractivity contribution in [2.45, 2.75) is 25.9 Å². The lowest BCUT2D eigenvalue weighted by molar-refractivity contribution is 0.125. The quantitative estimate of drug-likeness (QED) is 0.800. The summed E-state index contributed by atoms with van der Waals surface area (Å²) in [6, 6.07) is 6.93. The summed E-state index contributed by atoms with van der Waals surface area (Å²) in [5.74, 6) is 1.57. The van der Waals surface area contributed by atoms with Crippen LogP contribution in [0, 0.1) is 0 Å². The molecule has 1 rings (SSSR count). The predicted molar refractivity (Wildman–Crippen MR) is 75.7 cm³/mol. The summed E-state index contributed by atoms with van der Waals surface area (Å²) in [6.45, 7) is 2.21. The highest BCUT2D eigenvalue weighted by Crippen LogP contribution is 2.15. The molecule has 0 heterocycles. The molecule has 1 N–H and O–H groups in total. The van der Waals surface area contributed by atoms with E-state index in [9.17, 15) is 9.32 Å². The van der Waals surface area contributed by atoms with Crippen molar-refractivity contribution in [3.63, 3.8) is 0 Å². The van der Waals surface area contributed by atoms with Crippen molar-refractivity contribution >= 4 is 22.4 Å². The molecular weight excluding hydrogens is 272 g/mol. The zero-order valence-electron chi connectivity index (χ0n) is 10.5. The highest BCUT2D eigenvalue weighted by Gasteiger charge is 2.10. The number of aliphatic hydroxyl groups is 1. The lowest BCUT2D eigenvalue weighted by Crippen LogP contribution is -2.25. The van der Waals surface area contributed by atoms with E-state index in [0.29, 0.717) is 16.5 Å². The van der Waals surface area contributed by atoms with Crippen molar-refractivity contribution < 1.29 is 14.1 Å². The number of aliphatic hydroxyl groups excluding tert-OH is 1. The maximum Gasteiger partial charge on any atom is 0.119 e. The van der Waals surface area contributed by atoms with E-state index in [1.165, 1.54) is 0 Å². The number of hydrogen-bond donors (Lipinski definition) is 1. The van der Waals surface area contributed by atoms with E-state index in [0.717, 1.165) is 12.8 Å². The van der Waals surface area contributed by atoms with Gasteiger partial charge < -0.3 is 9.84 Å². The first-order valence-electron chi connectivity index (χ1n) is 6.03. The fourth-order valence-electron chi connectivity index (χ4n) is 1.37. The molecule has 0 aliphatic heterocycles. The molecule has 0 spiro atoms. The normalized spacial score (nSPS) is 14.2. The second-order valence-electron chi connectivity index (χ2n) is 4.08. The van der Waals surface area contributed by atoms with Crippen LogP contribution in [0.1, 0.15) is 19.8 Å². The monoisotopic (exact) mass is 290 g/mol. The molecule has 0 saturated carbocycles. The summed E-state index contributed by atoms with van der Waals surface area (Å²) in [4.78, 5) is 0. The van der Waals surface area contributed by atoms with Crippen molar-refractivity contribution in [2.24, 2.45) is 0 Å². The Hall–Kier alpha value is -0.580. The average molecular weight is 291 g/mol. The summed E-state index contributed by atoms with van der Waals surface area (Å²) < 4.78 is 16.9. The van der Waals surface area contributed by atoms with Crippen LogP contribution in [-0.4, -0.2) is 33.5 Å². The van der Waals surface area contributed by atoms with Gasteiger partial charge in [0, 0.05) is 21.6 Å². The molecule has 0 radical (unpaired) electrons. The Morgan fingerprint density at radius 2 is 2.06 bits per heavy atom. The van der Waals surface area contributed by atoms with Gasteiger partial charge in [-0.05, 0) is 30.7 Å². The molecule has 0 amide bonds. The minimum Gasteiger partial charge on any atom is -0.491 e. The van der Waals surface area contributed by atoms with Crippen molar-refractivity contribution in [3.05, 3.63) is 29.3 Å². The van der Waals surface area contributed by atoms with Crippen LogP contribution < -0.4 is 4.74 Å². The highest BCUT2D eigenvalue weighted by molar-refractivity contribution is 7.85. The molecule has 2 atom stereocenters. The molecule has 0 unspecified atom stereocenters. The minimum absolute atomic E-state index is 0.152. The van der Waals surface area contributed by atoms with Gasteiger partial charge in [0.1, 0.15) is 12.4 Å². The van der Waals surface area contributed by atoms with E-state index in [-0.39, 0.29) is 12.4 Å². The summed E-state index contributed by atoms with van der Waals surface area (Å²) in [5, 5.41) is 10.3. The van der Waals surface area contributed by atoms with Crippen LogP contribution in [0.2, 0.25) is 5.02 Å². The third-order valence-corrected chi connectivity index (χ3v) is 4.11. The van der Waals surface area contributed by atoms with Crippen molar-refractivity contribution in [2.75, 3.05) is 18.1 Å². The van der Waals surface area contributed by atoms with Crippen LogP contribution in [0.5, 0.6) is 5.75 Å². The molecule has 0 aromatic heterocycles. The SMILES string of the molecule is CCCC[S@@](=O)C[C@@H](O)COc1ccc(Cl)cc1. The molecule has 0 aliphatic carbocycles. The molecule has 0 bridgehead atoms. The topological polar surface area (TPSA) is 46.5 Å². The number of hydrogen-bond acceptors (Lipinski definition) is 3. The number of rotatable bonds is 8. The first-order valence-corrected chi connectivity index (χ1v) is 7.89. The third-order valence-electron chi connectivity index (χ3n) is 2.36. The van der Waals surface area contributed by atoms with Crippen molar-refractivity contribution in [3.8, 4) is 5.75 Å². The van der Waals surface area contributed by atoms with Crippen LogP contribution >= 0.6 is 11.6 Å². The van der Waals surface area contributed by atoms with Gasteiger partial charge in [-0.1, -0.05) is 24.9 Å². The highest BCUT2D eigenvalue weighted by atomic mass is 35.5. The zero-order chi connectivity index (χ0) is 13.4. The fraction of sp³-hybridized carbons (Fsp3) is 0.538. The Morgan fingerprint density at radius 1 is 1.39 bits per heavy atom. The van der Waals surface area contributed by atoms with Crippen LogP contribution in [0.4, 0.5) is 0 Å². The maximum absolute atomic E-state index is 11.5. The van der Waals surface area contributed by atoms with Gasteiger partial charge in [-0.2, -0.15) is 0 Å². The first kappa shape index (κ1) is 15.5. The van der Waals surface area contributed by atoms with Crippen LogP contribution in [-0.2, 0) is 10.8 Å². The molecule has 3 nitrogen and oxygen atoms in total. The fourth-order valence-corrected chi connectivity index (χ4v) is 2.80. The first-order chi connectivity index (χ1) is 8.61. The van der Waals surface area contributed by atoms with Crippen LogP contribution in [0.15, 0.2) is 24.3 Å². The summed E-state index contributed by atoms with van der Waals surface area (Å²) in [5.41, 5.74) is 0. The van der Waals surface area contributed by atoms with Gasteiger partial charge >= 0.3 is 0 Å². The van der Waals surface area contributed by atoms with Gasteiger partial charge in [-0.25, -0.2) is 0 Å². The standard InChI is InChI=1S/C13H19ClO3S/c1-2-3-8-18(16)10-12(15)9-17-13-6-4-11(14)5-7-13/h4-7,12,15H,2-3,8-10H2,1H3/t12-,18+/m0/s1. The Kier molecular flexibility index (Phi) is 7.32. The Labute approximate surface area is 116 Å². The lowest BCUT2D eigenvalue weighted by Gasteiger charge is -2.12. The van der Waals surface area contributed by atoms with Crippen molar-refractivity contribution in [1.29, 1.82) is 0 Å². The van der Waals surface area contributed by atoms with E-state index in [4.69, 9.17) is 16.3 Å². The summed E-state index contributed by atoms with van der Waals surface area (Å²) in [7, 11) is -0.963. The Balaban J connectivity index is 2.26. The minimum atomic E-state index is -0.963. The van der Waals surface area contributed by atoms with E-state index < -0.39 is 16.9 Å². The summed E-state index contributed by atoms with van der Waals surface area (Å²) in [6.07, 6.45) is 1.25. The third kappa shape index (κ3) is 6.38. The van der Waals surface area contributed by atoms with Gasteiger partial charge in [0.05, 0.1) is 11.9 Å². The number of benzene rings is 1.